The molecule has 3 aromatic rings. The number of hydrogen-bond donors (Lipinski definition) is 0. The topological polar surface area (TPSA) is 59.8 Å². The molecular weight excluding hydrogens is 412 g/mol. The number of aryl methyl sites for hydroxylation is 2. The quantitative estimate of drug-likeness (QED) is 0.632. The Hall–Kier alpha value is -2.84. The molecule has 1 aromatic carbocycles. The molecule has 3 aliphatic rings. The molecule has 2 aromatic heterocycles. The summed E-state index contributed by atoms with van der Waals surface area (Å²) >= 11 is 1.79. The fourth-order valence-electron chi connectivity index (χ4n) is 4.85. The number of rotatable bonds is 3. The SMILES string of the molecule is Cn1nc(C(=O)N2CCN(Cc3ccc4c(c3)OCO4)CC2)c2c1-c1ccsc1CC2. The molecule has 4 heterocycles. The molecule has 1 aliphatic carbocycles. The van der Waals surface area contributed by atoms with E-state index in [9.17, 15) is 4.79 Å². The average molecular weight is 437 g/mol. The maximum Gasteiger partial charge on any atom is 0.274 e. The molecule has 0 bridgehead atoms. The van der Waals surface area contributed by atoms with Gasteiger partial charge in [-0.1, -0.05) is 6.07 Å². The van der Waals surface area contributed by atoms with Crippen molar-refractivity contribution in [1.29, 1.82) is 0 Å². The number of carbonyl (C=O) groups excluding carboxylic acids is 1. The maximum atomic E-state index is 13.3. The molecule has 0 spiro atoms. The number of piperazine rings is 1. The number of fused-ring (bicyclic) bond motifs is 4. The largest absolute Gasteiger partial charge is 0.454 e. The van der Waals surface area contributed by atoms with Gasteiger partial charge in [-0.25, -0.2) is 0 Å². The van der Waals surface area contributed by atoms with Gasteiger partial charge in [-0.2, -0.15) is 5.10 Å². The van der Waals surface area contributed by atoms with Gasteiger partial charge in [0.2, 0.25) is 6.79 Å². The highest BCUT2D eigenvalue weighted by Crippen LogP contribution is 2.38. The molecule has 0 radical (unpaired) electrons. The van der Waals surface area contributed by atoms with Crippen LogP contribution in [0.1, 0.15) is 26.5 Å². The van der Waals surface area contributed by atoms with Crippen molar-refractivity contribution in [2.45, 2.75) is 19.4 Å². The van der Waals surface area contributed by atoms with Crippen molar-refractivity contribution >= 4 is 17.2 Å². The summed E-state index contributed by atoms with van der Waals surface area (Å²) < 4.78 is 12.8. The van der Waals surface area contributed by atoms with E-state index in [0.29, 0.717) is 12.5 Å². The second-order valence-corrected chi connectivity index (χ2v) is 9.31. The standard InChI is InChI=1S/C23H24N4O3S/c1-25-22-16-6-11-31-20(16)5-3-17(22)21(24-25)23(28)27-9-7-26(8-10-27)13-15-2-4-18-19(12-15)30-14-29-18/h2,4,6,11-12H,3,5,7-10,13-14H2,1H3. The minimum atomic E-state index is 0.0678. The van der Waals surface area contributed by atoms with Crippen LogP contribution in [0.25, 0.3) is 11.3 Å². The van der Waals surface area contributed by atoms with E-state index in [1.165, 1.54) is 16.0 Å². The second-order valence-electron chi connectivity index (χ2n) is 8.31. The monoisotopic (exact) mass is 436 g/mol. The molecule has 1 amide bonds. The van der Waals surface area contributed by atoms with Crippen LogP contribution in [0.4, 0.5) is 0 Å². The molecule has 7 nitrogen and oxygen atoms in total. The highest BCUT2D eigenvalue weighted by molar-refractivity contribution is 7.10. The Kier molecular flexibility index (Phi) is 4.50. The number of nitrogens with zero attached hydrogens (tertiary/aromatic N) is 4. The molecule has 160 valence electrons. The van der Waals surface area contributed by atoms with Crippen molar-refractivity contribution in [2.24, 2.45) is 7.05 Å². The third-order valence-electron chi connectivity index (χ3n) is 6.45. The summed E-state index contributed by atoms with van der Waals surface area (Å²) in [6.07, 6.45) is 1.89. The first-order valence-electron chi connectivity index (χ1n) is 10.7. The van der Waals surface area contributed by atoms with E-state index >= 15 is 0 Å². The first-order valence-corrected chi connectivity index (χ1v) is 11.6. The summed E-state index contributed by atoms with van der Waals surface area (Å²) in [4.78, 5) is 19.1. The molecule has 31 heavy (non-hydrogen) atoms. The van der Waals surface area contributed by atoms with Crippen LogP contribution in [0.2, 0.25) is 0 Å². The fourth-order valence-corrected chi connectivity index (χ4v) is 5.73. The number of aromatic nitrogens is 2. The normalized spacial score (nSPS) is 17.5. The van der Waals surface area contributed by atoms with Gasteiger partial charge in [-0.05, 0) is 42.0 Å². The van der Waals surface area contributed by atoms with Crippen molar-refractivity contribution in [3.8, 4) is 22.8 Å². The second kappa shape index (κ2) is 7.39. The Balaban J connectivity index is 1.14. The Morgan fingerprint density at radius 2 is 1.94 bits per heavy atom. The zero-order valence-corrected chi connectivity index (χ0v) is 18.3. The number of benzene rings is 1. The summed E-state index contributed by atoms with van der Waals surface area (Å²) in [5, 5.41) is 6.79. The number of carbonyl (C=O) groups is 1. The van der Waals surface area contributed by atoms with Gasteiger partial charge in [0.05, 0.1) is 5.69 Å². The van der Waals surface area contributed by atoms with Crippen molar-refractivity contribution < 1.29 is 14.3 Å². The van der Waals surface area contributed by atoms with E-state index in [4.69, 9.17) is 9.47 Å². The fraction of sp³-hybridized carbons (Fsp3) is 0.391. The van der Waals surface area contributed by atoms with Crippen molar-refractivity contribution in [3.63, 3.8) is 0 Å². The predicted molar refractivity (Wildman–Crippen MR) is 118 cm³/mol. The summed E-state index contributed by atoms with van der Waals surface area (Å²) in [5.41, 5.74) is 5.32. The van der Waals surface area contributed by atoms with Crippen LogP contribution < -0.4 is 9.47 Å². The van der Waals surface area contributed by atoms with Gasteiger partial charge in [0.1, 0.15) is 0 Å². The smallest absolute Gasteiger partial charge is 0.274 e. The van der Waals surface area contributed by atoms with E-state index in [0.717, 1.165) is 68.3 Å². The summed E-state index contributed by atoms with van der Waals surface area (Å²) in [7, 11) is 1.95. The minimum Gasteiger partial charge on any atom is -0.454 e. The number of thiophene rings is 1. The van der Waals surface area contributed by atoms with Gasteiger partial charge in [0.25, 0.3) is 5.91 Å². The Bertz CT molecular complexity index is 1160. The van der Waals surface area contributed by atoms with Gasteiger partial charge in [-0.15, -0.1) is 11.3 Å². The first kappa shape index (κ1) is 18.9. The number of ether oxygens (including phenoxy) is 2. The third-order valence-corrected chi connectivity index (χ3v) is 7.43. The lowest BCUT2D eigenvalue weighted by molar-refractivity contribution is 0.0621. The third kappa shape index (κ3) is 3.21. The average Bonchev–Trinajstić information content (AvgIpc) is 3.51. The molecule has 2 aliphatic heterocycles. The van der Waals surface area contributed by atoms with Crippen molar-refractivity contribution in [3.05, 3.63) is 51.3 Å². The molecule has 6 rings (SSSR count). The zero-order valence-electron chi connectivity index (χ0n) is 17.5. The summed E-state index contributed by atoms with van der Waals surface area (Å²) in [6, 6.07) is 8.27. The maximum absolute atomic E-state index is 13.3. The zero-order chi connectivity index (χ0) is 20.9. The van der Waals surface area contributed by atoms with Crippen LogP contribution in [-0.2, 0) is 26.4 Å². The van der Waals surface area contributed by atoms with E-state index in [2.05, 4.69) is 33.6 Å². The van der Waals surface area contributed by atoms with E-state index in [1.54, 1.807) is 11.3 Å². The number of hydrogen-bond acceptors (Lipinski definition) is 6. The Labute approximate surface area is 184 Å². The summed E-state index contributed by atoms with van der Waals surface area (Å²) in [5.74, 6) is 1.70. The lowest BCUT2D eigenvalue weighted by Gasteiger charge is -2.34. The highest BCUT2D eigenvalue weighted by Gasteiger charge is 2.31. The Morgan fingerprint density at radius 3 is 2.81 bits per heavy atom. The molecule has 1 fully saturated rings. The molecule has 1 saturated heterocycles. The van der Waals surface area contributed by atoms with E-state index in [1.807, 2.05) is 22.7 Å². The van der Waals surface area contributed by atoms with Crippen LogP contribution in [0.15, 0.2) is 29.6 Å². The molecular formula is C23H24N4O3S. The van der Waals surface area contributed by atoms with E-state index in [-0.39, 0.29) is 5.91 Å². The van der Waals surface area contributed by atoms with Gasteiger partial charge < -0.3 is 14.4 Å². The molecule has 0 N–H and O–H groups in total. The van der Waals surface area contributed by atoms with Gasteiger partial charge in [0, 0.05) is 55.8 Å². The van der Waals surface area contributed by atoms with E-state index < -0.39 is 0 Å². The Morgan fingerprint density at radius 1 is 1.10 bits per heavy atom. The molecule has 8 heteroatoms. The van der Waals surface area contributed by atoms with Crippen LogP contribution >= 0.6 is 11.3 Å². The number of amides is 1. The van der Waals surface area contributed by atoms with Crippen molar-refractivity contribution in [1.82, 2.24) is 19.6 Å². The minimum absolute atomic E-state index is 0.0678. The molecule has 0 unspecified atom stereocenters. The van der Waals surface area contributed by atoms with Crippen molar-refractivity contribution in [2.75, 3.05) is 33.0 Å². The van der Waals surface area contributed by atoms with Crippen LogP contribution in [0, 0.1) is 0 Å². The molecule has 0 atom stereocenters. The first-order chi connectivity index (χ1) is 15.2. The lowest BCUT2D eigenvalue weighted by Crippen LogP contribution is -2.48. The van der Waals surface area contributed by atoms with Gasteiger partial charge in [0.15, 0.2) is 17.2 Å². The van der Waals surface area contributed by atoms with Gasteiger partial charge >= 0.3 is 0 Å². The molecule has 0 saturated carbocycles. The highest BCUT2D eigenvalue weighted by atomic mass is 32.1. The van der Waals surface area contributed by atoms with Crippen LogP contribution in [-0.4, -0.2) is 58.5 Å². The predicted octanol–water partition coefficient (Wildman–Crippen LogP) is 2.93. The summed E-state index contributed by atoms with van der Waals surface area (Å²) in [6.45, 7) is 4.29. The lowest BCUT2D eigenvalue weighted by atomic mass is 9.94. The van der Waals surface area contributed by atoms with Gasteiger partial charge in [-0.3, -0.25) is 14.4 Å². The van der Waals surface area contributed by atoms with Crippen LogP contribution in [0.3, 0.4) is 0 Å². The van der Waals surface area contributed by atoms with Crippen LogP contribution in [0.5, 0.6) is 11.5 Å².